The summed E-state index contributed by atoms with van der Waals surface area (Å²) in [6, 6.07) is 0. The van der Waals surface area contributed by atoms with Crippen molar-refractivity contribution in [3.8, 4) is 0 Å². The van der Waals surface area contributed by atoms with Crippen molar-refractivity contribution in [3.63, 3.8) is 0 Å². The molecular formula is C6H6N2S2Zn2. The zero-order chi connectivity index (χ0) is 7.07. The molecule has 0 saturated carbocycles. The van der Waals surface area contributed by atoms with Crippen molar-refractivity contribution in [3.05, 3.63) is 34.2 Å². The molecule has 0 aliphatic rings. The maximum absolute atomic E-state index is 3.74. The summed E-state index contributed by atoms with van der Waals surface area (Å²) in [7, 11) is 0. The Morgan fingerprint density at radius 1 is 0.750 bits per heavy atom. The number of hydrogen-bond donors (Lipinski definition) is 0. The Hall–Kier alpha value is 0.507. The van der Waals surface area contributed by atoms with Gasteiger partial charge in [-0.2, -0.15) is 0 Å². The molecule has 56 valence electrons. The molecule has 2 aromatic heterocycles. The zero-order valence-electron chi connectivity index (χ0n) is 6.59. The fraction of sp³-hybridized carbons (Fsp3) is 0. The number of nitrogens with zero attached hydrogens (tertiary/aromatic N) is 2. The van der Waals surface area contributed by atoms with E-state index in [-0.39, 0.29) is 39.0 Å². The SMILES string of the molecule is [Zn].[Zn].c1cscn1.c1cscn1. The molecule has 2 aromatic rings. The summed E-state index contributed by atoms with van der Waals surface area (Å²) in [5.74, 6) is 0. The molecular weight excluding hydrogens is 295 g/mol. The molecule has 0 amide bonds. The van der Waals surface area contributed by atoms with Gasteiger partial charge in [-0.3, -0.25) is 9.97 Å². The first kappa shape index (κ1) is 15.0. The van der Waals surface area contributed by atoms with E-state index < -0.39 is 0 Å². The van der Waals surface area contributed by atoms with Crippen LogP contribution in [0.15, 0.2) is 34.2 Å². The van der Waals surface area contributed by atoms with E-state index >= 15 is 0 Å². The van der Waals surface area contributed by atoms with Crippen LogP contribution in [0.2, 0.25) is 0 Å². The second-order valence-electron chi connectivity index (χ2n) is 1.35. The molecule has 2 nitrogen and oxygen atoms in total. The topological polar surface area (TPSA) is 25.8 Å². The van der Waals surface area contributed by atoms with Crippen LogP contribution in [0.4, 0.5) is 0 Å². The second-order valence-corrected chi connectivity index (χ2v) is 2.86. The average Bonchev–Trinajstić information content (AvgIpc) is 2.67. The Morgan fingerprint density at radius 3 is 1.25 bits per heavy atom. The van der Waals surface area contributed by atoms with Crippen LogP contribution < -0.4 is 0 Å². The quantitative estimate of drug-likeness (QED) is 0.698. The largest absolute Gasteiger partial charge is 0.253 e. The molecule has 12 heavy (non-hydrogen) atoms. The zero-order valence-corrected chi connectivity index (χ0v) is 14.2. The molecule has 0 unspecified atom stereocenters. The number of aromatic nitrogens is 2. The predicted molar refractivity (Wildman–Crippen MR) is 44.2 cm³/mol. The number of thiazole rings is 2. The molecule has 0 fully saturated rings. The summed E-state index contributed by atoms with van der Waals surface area (Å²) in [6.07, 6.45) is 3.54. The standard InChI is InChI=1S/2C3H3NS.2Zn/c2*1-2-5-3-4-1;;/h2*1-3H;;. The van der Waals surface area contributed by atoms with Crippen molar-refractivity contribution in [2.24, 2.45) is 0 Å². The third kappa shape index (κ3) is 8.60. The summed E-state index contributed by atoms with van der Waals surface area (Å²) in [6.45, 7) is 0. The fourth-order valence-electron chi connectivity index (χ4n) is 0.351. The summed E-state index contributed by atoms with van der Waals surface area (Å²) >= 11 is 3.20. The molecule has 0 N–H and O–H groups in total. The van der Waals surface area contributed by atoms with Crippen LogP contribution in [0.1, 0.15) is 0 Å². The molecule has 2 heterocycles. The number of rotatable bonds is 0. The summed E-state index contributed by atoms with van der Waals surface area (Å²) < 4.78 is 0. The molecule has 6 heteroatoms. The molecule has 0 spiro atoms. The van der Waals surface area contributed by atoms with Gasteiger partial charge in [-0.15, -0.1) is 22.7 Å². The van der Waals surface area contributed by atoms with E-state index in [1.54, 1.807) is 46.1 Å². The smallest absolute Gasteiger partial charge is 0.0791 e. The summed E-state index contributed by atoms with van der Waals surface area (Å²) in [5, 5.41) is 3.86. The summed E-state index contributed by atoms with van der Waals surface area (Å²) in [4.78, 5) is 7.48. The van der Waals surface area contributed by atoms with Gasteiger partial charge < -0.3 is 0 Å². The van der Waals surface area contributed by atoms with Crippen molar-refractivity contribution in [2.75, 3.05) is 0 Å². The first-order chi connectivity index (χ1) is 5.00. The maximum atomic E-state index is 3.74. The third-order valence-electron chi connectivity index (χ3n) is 0.694. The molecule has 0 aliphatic heterocycles. The molecule has 0 saturated heterocycles. The van der Waals surface area contributed by atoms with E-state index in [4.69, 9.17) is 0 Å². The molecule has 0 aliphatic carbocycles. The van der Waals surface area contributed by atoms with E-state index in [0.29, 0.717) is 0 Å². The molecule has 2 rings (SSSR count). The Balaban J connectivity index is 0. The van der Waals surface area contributed by atoms with Crippen LogP contribution in [-0.2, 0) is 39.0 Å². The monoisotopic (exact) mass is 298 g/mol. The van der Waals surface area contributed by atoms with Gasteiger partial charge in [-0.05, 0) is 0 Å². The molecule has 0 atom stereocenters. The van der Waals surface area contributed by atoms with E-state index in [9.17, 15) is 0 Å². The first-order valence-corrected chi connectivity index (χ1v) is 4.53. The molecule has 0 bridgehead atoms. The minimum absolute atomic E-state index is 0. The van der Waals surface area contributed by atoms with Crippen LogP contribution in [-0.4, -0.2) is 9.97 Å². The van der Waals surface area contributed by atoms with Gasteiger partial charge in [0.25, 0.3) is 0 Å². The third-order valence-corrected chi connectivity index (χ3v) is 1.74. The molecule has 0 aromatic carbocycles. The Labute approximate surface area is 105 Å². The summed E-state index contributed by atoms with van der Waals surface area (Å²) in [5.41, 5.74) is 3.58. The van der Waals surface area contributed by atoms with Crippen LogP contribution in [0, 0.1) is 0 Å². The van der Waals surface area contributed by atoms with Crippen LogP contribution in [0.5, 0.6) is 0 Å². The number of hydrogen-bond acceptors (Lipinski definition) is 4. The van der Waals surface area contributed by atoms with Crippen molar-refractivity contribution >= 4 is 22.7 Å². The molecule has 0 radical (unpaired) electrons. The Kier molecular flexibility index (Phi) is 14.4. The van der Waals surface area contributed by atoms with Gasteiger partial charge in [0, 0.05) is 62.1 Å². The van der Waals surface area contributed by atoms with Crippen molar-refractivity contribution in [2.45, 2.75) is 0 Å². The van der Waals surface area contributed by atoms with Gasteiger partial charge in [0.05, 0.1) is 11.0 Å². The minimum atomic E-state index is 0. The van der Waals surface area contributed by atoms with Crippen molar-refractivity contribution in [1.82, 2.24) is 9.97 Å². The fourth-order valence-corrected chi connectivity index (χ4v) is 1.05. The minimum Gasteiger partial charge on any atom is -0.253 e. The van der Waals surface area contributed by atoms with Gasteiger partial charge in [0.1, 0.15) is 0 Å². The van der Waals surface area contributed by atoms with E-state index in [0.717, 1.165) is 0 Å². The van der Waals surface area contributed by atoms with Crippen LogP contribution >= 0.6 is 22.7 Å². The van der Waals surface area contributed by atoms with Crippen molar-refractivity contribution < 1.29 is 39.0 Å². The van der Waals surface area contributed by atoms with Gasteiger partial charge in [-0.1, -0.05) is 0 Å². The van der Waals surface area contributed by atoms with Crippen LogP contribution in [0.3, 0.4) is 0 Å². The van der Waals surface area contributed by atoms with Gasteiger partial charge in [-0.25, -0.2) is 0 Å². The van der Waals surface area contributed by atoms with Gasteiger partial charge >= 0.3 is 0 Å². The van der Waals surface area contributed by atoms with Gasteiger partial charge in [0.2, 0.25) is 0 Å². The van der Waals surface area contributed by atoms with E-state index in [1.807, 2.05) is 10.8 Å². The predicted octanol–water partition coefficient (Wildman–Crippen LogP) is 2.28. The van der Waals surface area contributed by atoms with Crippen LogP contribution in [0.25, 0.3) is 0 Å². The Morgan fingerprint density at radius 2 is 1.17 bits per heavy atom. The van der Waals surface area contributed by atoms with E-state index in [2.05, 4.69) is 9.97 Å². The van der Waals surface area contributed by atoms with Gasteiger partial charge in [0.15, 0.2) is 0 Å². The first-order valence-electron chi connectivity index (χ1n) is 2.64. The average molecular weight is 301 g/mol. The normalized spacial score (nSPS) is 6.67. The van der Waals surface area contributed by atoms with Crippen molar-refractivity contribution in [1.29, 1.82) is 0 Å². The van der Waals surface area contributed by atoms with E-state index in [1.165, 1.54) is 0 Å². The maximum Gasteiger partial charge on any atom is 0.0791 e. The second kappa shape index (κ2) is 11.5. The Bertz CT molecular complexity index is 161.